The van der Waals surface area contributed by atoms with E-state index in [-0.39, 0.29) is 5.91 Å². The fraction of sp³-hybridized carbons (Fsp3) is 0.429. The van der Waals surface area contributed by atoms with Gasteiger partial charge < -0.3 is 14.4 Å². The number of carbonyl (C=O) groups excluding carboxylic acids is 1. The Morgan fingerprint density at radius 2 is 1.93 bits per heavy atom. The number of carbonyl (C=O) groups is 1. The molecule has 29 heavy (non-hydrogen) atoms. The smallest absolute Gasteiger partial charge is 0.256 e. The summed E-state index contributed by atoms with van der Waals surface area (Å²) < 4.78 is 5.69. The molecule has 3 rings (SSSR count). The molecule has 1 aromatic carbocycles. The van der Waals surface area contributed by atoms with Crippen LogP contribution in [0.3, 0.4) is 0 Å². The molecule has 8 heteroatoms. The van der Waals surface area contributed by atoms with E-state index in [9.17, 15) is 9.90 Å². The van der Waals surface area contributed by atoms with Crippen molar-refractivity contribution in [1.82, 2.24) is 24.9 Å². The van der Waals surface area contributed by atoms with Gasteiger partial charge in [0.2, 0.25) is 0 Å². The molecule has 0 radical (unpaired) electrons. The van der Waals surface area contributed by atoms with Crippen molar-refractivity contribution >= 4 is 5.91 Å². The summed E-state index contributed by atoms with van der Waals surface area (Å²) in [6.45, 7) is 9.97. The Kier molecular flexibility index (Phi) is 5.83. The first kappa shape index (κ1) is 20.7. The van der Waals surface area contributed by atoms with Crippen LogP contribution in [-0.4, -0.2) is 49.0 Å². The van der Waals surface area contributed by atoms with E-state index in [0.29, 0.717) is 48.1 Å². The van der Waals surface area contributed by atoms with Gasteiger partial charge in [0.1, 0.15) is 22.7 Å². The van der Waals surface area contributed by atoms with Crippen LogP contribution < -0.4 is 0 Å². The summed E-state index contributed by atoms with van der Waals surface area (Å²) in [6, 6.07) is 5.58. The lowest BCUT2D eigenvalue weighted by Crippen LogP contribution is -2.33. The van der Waals surface area contributed by atoms with Crippen LogP contribution in [0, 0.1) is 13.8 Å². The molecule has 154 valence electrons. The Morgan fingerprint density at radius 3 is 2.52 bits per heavy atom. The van der Waals surface area contributed by atoms with Crippen molar-refractivity contribution in [3.05, 3.63) is 59.1 Å². The van der Waals surface area contributed by atoms with Crippen molar-refractivity contribution in [3.8, 4) is 5.69 Å². The number of benzene rings is 1. The number of aliphatic hydroxyl groups is 1. The summed E-state index contributed by atoms with van der Waals surface area (Å²) >= 11 is 0. The average molecular weight is 397 g/mol. The zero-order chi connectivity index (χ0) is 21.2. The molecule has 2 heterocycles. The third-order valence-corrected chi connectivity index (χ3v) is 4.77. The molecule has 1 N–H and O–H groups in total. The highest BCUT2D eigenvalue weighted by Gasteiger charge is 2.25. The number of aryl methyl sites for hydroxylation is 2. The number of hydrogen-bond donors (Lipinski definition) is 1. The van der Waals surface area contributed by atoms with Crippen LogP contribution in [-0.2, 0) is 12.0 Å². The summed E-state index contributed by atoms with van der Waals surface area (Å²) in [7, 11) is 0. The summed E-state index contributed by atoms with van der Waals surface area (Å²) in [6.07, 6.45) is 3.63. The molecule has 0 spiro atoms. The third-order valence-electron chi connectivity index (χ3n) is 4.77. The lowest BCUT2D eigenvalue weighted by atomic mass is 10.0. The molecule has 0 saturated carbocycles. The van der Waals surface area contributed by atoms with E-state index in [1.165, 1.54) is 4.80 Å². The van der Waals surface area contributed by atoms with Crippen molar-refractivity contribution in [3.63, 3.8) is 0 Å². The van der Waals surface area contributed by atoms with Gasteiger partial charge in [-0.2, -0.15) is 15.0 Å². The second kappa shape index (κ2) is 8.16. The first-order valence-corrected chi connectivity index (χ1v) is 9.67. The van der Waals surface area contributed by atoms with Gasteiger partial charge in [0.15, 0.2) is 5.89 Å². The van der Waals surface area contributed by atoms with E-state index in [2.05, 4.69) is 15.2 Å². The van der Waals surface area contributed by atoms with Gasteiger partial charge in [-0.15, -0.1) is 0 Å². The number of rotatable bonds is 7. The number of para-hydroxylation sites is 1. The number of oxazole rings is 1. The van der Waals surface area contributed by atoms with Gasteiger partial charge in [-0.1, -0.05) is 12.1 Å². The minimum Gasteiger partial charge on any atom is -0.446 e. The summed E-state index contributed by atoms with van der Waals surface area (Å²) in [5.41, 5.74) is 1.59. The molecule has 3 aromatic rings. The van der Waals surface area contributed by atoms with Crippen LogP contribution in [0.15, 0.2) is 35.0 Å². The molecule has 0 atom stereocenters. The SMILES string of the molecule is CCN(CCc1nc(C(C)(C)O)c(C)o1)C(=O)c1cccc(C)c1-n1nccn1. The molecule has 0 fully saturated rings. The predicted octanol–water partition coefficient (Wildman–Crippen LogP) is 2.80. The van der Waals surface area contributed by atoms with Crippen LogP contribution in [0.5, 0.6) is 0 Å². The van der Waals surface area contributed by atoms with Gasteiger partial charge in [-0.05, 0) is 46.2 Å². The second-order valence-corrected chi connectivity index (χ2v) is 7.50. The first-order chi connectivity index (χ1) is 13.7. The Hall–Kier alpha value is -3.00. The second-order valence-electron chi connectivity index (χ2n) is 7.50. The van der Waals surface area contributed by atoms with Gasteiger partial charge in [0, 0.05) is 19.5 Å². The number of amides is 1. The van der Waals surface area contributed by atoms with Crippen LogP contribution in [0.4, 0.5) is 0 Å². The Morgan fingerprint density at radius 1 is 1.24 bits per heavy atom. The van der Waals surface area contributed by atoms with Crippen LogP contribution >= 0.6 is 0 Å². The van der Waals surface area contributed by atoms with Crippen LogP contribution in [0.25, 0.3) is 5.69 Å². The minimum absolute atomic E-state index is 0.102. The van der Waals surface area contributed by atoms with Gasteiger partial charge in [-0.25, -0.2) is 4.98 Å². The molecule has 0 unspecified atom stereocenters. The molecular weight excluding hydrogens is 370 g/mol. The molecule has 0 bridgehead atoms. The van der Waals surface area contributed by atoms with E-state index in [1.807, 2.05) is 26.0 Å². The predicted molar refractivity (Wildman–Crippen MR) is 108 cm³/mol. The highest BCUT2D eigenvalue weighted by atomic mass is 16.4. The van der Waals surface area contributed by atoms with E-state index in [1.54, 1.807) is 44.1 Å². The summed E-state index contributed by atoms with van der Waals surface area (Å²) in [5.74, 6) is 0.992. The summed E-state index contributed by atoms with van der Waals surface area (Å²) in [5, 5.41) is 18.6. The molecule has 8 nitrogen and oxygen atoms in total. The van der Waals surface area contributed by atoms with Crippen molar-refractivity contribution in [1.29, 1.82) is 0 Å². The Balaban J connectivity index is 1.82. The lowest BCUT2D eigenvalue weighted by molar-refractivity contribution is 0.0725. The van der Waals surface area contributed by atoms with Gasteiger partial charge in [0.25, 0.3) is 5.91 Å². The zero-order valence-corrected chi connectivity index (χ0v) is 17.5. The molecule has 2 aromatic heterocycles. The number of nitrogens with zero attached hydrogens (tertiary/aromatic N) is 5. The van der Waals surface area contributed by atoms with Gasteiger partial charge in [-0.3, -0.25) is 4.79 Å². The average Bonchev–Trinajstić information content (AvgIpc) is 3.31. The Bertz CT molecular complexity index is 986. The van der Waals surface area contributed by atoms with Crippen molar-refractivity contribution in [2.45, 2.75) is 46.6 Å². The molecule has 0 aliphatic carbocycles. The molecule has 1 amide bonds. The fourth-order valence-corrected chi connectivity index (χ4v) is 3.36. The normalized spacial score (nSPS) is 11.7. The van der Waals surface area contributed by atoms with Crippen molar-refractivity contribution in [2.75, 3.05) is 13.1 Å². The monoisotopic (exact) mass is 397 g/mol. The maximum atomic E-state index is 13.3. The number of hydrogen-bond acceptors (Lipinski definition) is 6. The maximum absolute atomic E-state index is 13.3. The topological polar surface area (TPSA) is 97.3 Å². The zero-order valence-electron chi connectivity index (χ0n) is 17.5. The molecule has 0 saturated heterocycles. The van der Waals surface area contributed by atoms with E-state index in [0.717, 1.165) is 5.56 Å². The van der Waals surface area contributed by atoms with Crippen molar-refractivity contribution in [2.24, 2.45) is 0 Å². The van der Waals surface area contributed by atoms with Crippen LogP contribution in [0.1, 0.15) is 54.0 Å². The first-order valence-electron chi connectivity index (χ1n) is 9.67. The standard InChI is InChI=1S/C21H27N5O3/c1-6-25(13-10-17-24-19(15(3)29-17)21(4,5)28)20(27)16-9-7-8-14(2)18(16)26-22-11-12-23-26/h7-9,11-12,28H,6,10,13H2,1-5H3. The third kappa shape index (κ3) is 4.37. The Labute approximate surface area is 170 Å². The molecule has 0 aliphatic rings. The molecular formula is C21H27N5O3. The minimum atomic E-state index is -1.07. The maximum Gasteiger partial charge on any atom is 0.256 e. The fourth-order valence-electron chi connectivity index (χ4n) is 3.36. The van der Waals surface area contributed by atoms with Crippen molar-refractivity contribution < 1.29 is 14.3 Å². The van der Waals surface area contributed by atoms with Crippen LogP contribution in [0.2, 0.25) is 0 Å². The largest absolute Gasteiger partial charge is 0.446 e. The number of aromatic nitrogens is 4. The van der Waals surface area contributed by atoms with E-state index < -0.39 is 5.60 Å². The van der Waals surface area contributed by atoms with E-state index in [4.69, 9.17) is 4.42 Å². The quantitative estimate of drug-likeness (QED) is 0.658. The molecule has 0 aliphatic heterocycles. The summed E-state index contributed by atoms with van der Waals surface area (Å²) in [4.78, 5) is 20.9. The highest BCUT2D eigenvalue weighted by molar-refractivity contribution is 5.98. The number of likely N-dealkylation sites (N-methyl/N-ethyl adjacent to an activating group) is 1. The highest BCUT2D eigenvalue weighted by Crippen LogP contribution is 2.24. The van der Waals surface area contributed by atoms with E-state index >= 15 is 0 Å². The lowest BCUT2D eigenvalue weighted by Gasteiger charge is -2.22. The van der Waals surface area contributed by atoms with Gasteiger partial charge >= 0.3 is 0 Å². The van der Waals surface area contributed by atoms with Gasteiger partial charge in [0.05, 0.1) is 18.0 Å².